The quantitative estimate of drug-likeness (QED) is 0.355. The molecule has 0 radical (unpaired) electrons. The predicted molar refractivity (Wildman–Crippen MR) is 198 cm³/mol. The molecular formula is C43H48N4O6. The Kier molecular flexibility index (Phi) is 6.70. The fourth-order valence-electron chi connectivity index (χ4n) is 14.1. The molecular weight excluding hydrogens is 668 g/mol. The average molecular weight is 717 g/mol. The molecule has 0 bridgehead atoms. The Morgan fingerprint density at radius 1 is 0.868 bits per heavy atom. The van der Waals surface area contributed by atoms with E-state index in [4.69, 9.17) is 14.2 Å². The molecule has 3 spiro atoms. The molecule has 2 aliphatic carbocycles. The standard InChI is InChI=1S/C43H48N4O6/c1-51-36(49)27-22-40(15-19-48)12-11-26(47-18-14-42(38(40)47)29-7-3-5-9-31(29)44-33(27)42)21-25-24-46-17-13-43-30-8-4-6-10-32(30)45-34(43)28(37(50)52-2)23-41(39(43)46)16-20-53-35(25)41/h3-11,25,35,38-39,44-45,48H,12-24H2,1-2H3/t25-,35-,38-,39-,40+,41+,42-,43-/m0/s1. The van der Waals surface area contributed by atoms with Crippen LogP contribution in [0.25, 0.3) is 0 Å². The average Bonchev–Trinajstić information content (AvgIpc) is 4.01. The first-order valence-electron chi connectivity index (χ1n) is 19.6. The van der Waals surface area contributed by atoms with Crippen LogP contribution in [-0.4, -0.2) is 92.1 Å². The highest BCUT2D eigenvalue weighted by molar-refractivity contribution is 5.94. The van der Waals surface area contributed by atoms with Crippen LogP contribution in [0, 0.1) is 16.7 Å². The lowest BCUT2D eigenvalue weighted by atomic mass is 9.51. The lowest BCUT2D eigenvalue weighted by Gasteiger charge is -2.59. The van der Waals surface area contributed by atoms with Gasteiger partial charge in [0.05, 0.1) is 48.3 Å². The summed E-state index contributed by atoms with van der Waals surface area (Å²) in [6.45, 7) is 3.56. The highest BCUT2D eigenvalue weighted by atomic mass is 16.5. The zero-order chi connectivity index (χ0) is 35.9. The lowest BCUT2D eigenvalue weighted by Crippen LogP contribution is -2.66. The highest BCUT2D eigenvalue weighted by Crippen LogP contribution is 2.69. The van der Waals surface area contributed by atoms with Crippen LogP contribution < -0.4 is 10.6 Å². The maximum atomic E-state index is 13.7. The summed E-state index contributed by atoms with van der Waals surface area (Å²) in [5, 5.41) is 18.1. The Labute approximate surface area is 310 Å². The molecule has 2 aromatic carbocycles. The number of hydrogen-bond donors (Lipinski definition) is 3. The van der Waals surface area contributed by atoms with Crippen LogP contribution in [0.5, 0.6) is 0 Å². The minimum absolute atomic E-state index is 0.0101. The molecule has 0 unspecified atom stereocenters. The van der Waals surface area contributed by atoms with E-state index in [2.05, 4.69) is 75.0 Å². The minimum atomic E-state index is -0.389. The molecule has 3 N–H and O–H groups in total. The number of ether oxygens (including phenoxy) is 3. The number of anilines is 2. The van der Waals surface area contributed by atoms with Crippen LogP contribution in [0.4, 0.5) is 11.4 Å². The van der Waals surface area contributed by atoms with Crippen molar-refractivity contribution < 1.29 is 28.9 Å². The second-order valence-corrected chi connectivity index (χ2v) is 17.3. The number of esters is 2. The van der Waals surface area contributed by atoms with Crippen LogP contribution >= 0.6 is 0 Å². The number of nitrogens with zero attached hydrogens (tertiary/aromatic N) is 2. The summed E-state index contributed by atoms with van der Waals surface area (Å²) in [6, 6.07) is 17.5. The van der Waals surface area contributed by atoms with Gasteiger partial charge in [-0.25, -0.2) is 9.59 Å². The molecule has 10 nitrogen and oxygen atoms in total. The van der Waals surface area contributed by atoms with Crippen molar-refractivity contribution in [3.8, 4) is 0 Å². The predicted octanol–water partition coefficient (Wildman–Crippen LogP) is 4.98. The van der Waals surface area contributed by atoms with Gasteiger partial charge >= 0.3 is 11.9 Å². The summed E-state index contributed by atoms with van der Waals surface area (Å²) in [4.78, 5) is 32.7. The first-order chi connectivity index (χ1) is 25.8. The molecule has 4 fully saturated rings. The van der Waals surface area contributed by atoms with Crippen molar-refractivity contribution in [2.75, 3.05) is 57.7 Å². The van der Waals surface area contributed by atoms with Gasteiger partial charge in [0.25, 0.3) is 0 Å². The van der Waals surface area contributed by atoms with E-state index in [0.29, 0.717) is 25.9 Å². The number of carbonyl (C=O) groups excluding carboxylic acids is 2. The Bertz CT molecular complexity index is 2080. The number of para-hydroxylation sites is 2. The number of nitrogens with one attached hydrogen (secondary N) is 2. The second-order valence-electron chi connectivity index (χ2n) is 17.3. The number of hydrogen-bond acceptors (Lipinski definition) is 10. The van der Waals surface area contributed by atoms with Gasteiger partial charge in [-0.3, -0.25) is 4.90 Å². The number of benzene rings is 2. The third-order valence-electron chi connectivity index (χ3n) is 15.5. The minimum Gasteiger partial charge on any atom is -0.466 e. The fourth-order valence-corrected chi connectivity index (χ4v) is 14.1. The number of aliphatic hydroxyl groups excluding tert-OH is 1. The zero-order valence-corrected chi connectivity index (χ0v) is 30.6. The number of allylic oxidation sites excluding steroid dienone is 2. The van der Waals surface area contributed by atoms with Crippen molar-refractivity contribution >= 4 is 23.3 Å². The molecule has 0 aromatic heterocycles. The molecule has 4 saturated heterocycles. The maximum Gasteiger partial charge on any atom is 0.335 e. The molecule has 7 heterocycles. The van der Waals surface area contributed by atoms with E-state index >= 15 is 0 Å². The van der Waals surface area contributed by atoms with Crippen LogP contribution in [0.3, 0.4) is 0 Å². The Morgan fingerprint density at radius 2 is 1.51 bits per heavy atom. The molecule has 10 heteroatoms. The smallest absolute Gasteiger partial charge is 0.335 e. The van der Waals surface area contributed by atoms with Crippen LogP contribution in [0.15, 0.2) is 82.8 Å². The summed E-state index contributed by atoms with van der Waals surface area (Å²) in [5.41, 5.74) is 8.48. The summed E-state index contributed by atoms with van der Waals surface area (Å²) in [5.74, 6) is -0.252. The van der Waals surface area contributed by atoms with Crippen molar-refractivity contribution in [2.45, 2.75) is 80.4 Å². The van der Waals surface area contributed by atoms with E-state index in [1.165, 1.54) is 31.0 Å². The topological polar surface area (TPSA) is 113 Å². The van der Waals surface area contributed by atoms with Crippen molar-refractivity contribution in [1.29, 1.82) is 0 Å². The maximum absolute atomic E-state index is 13.7. The summed E-state index contributed by atoms with van der Waals surface area (Å²) < 4.78 is 17.9. The molecule has 8 atom stereocenters. The van der Waals surface area contributed by atoms with E-state index in [9.17, 15) is 14.7 Å². The largest absolute Gasteiger partial charge is 0.466 e. The van der Waals surface area contributed by atoms with Gasteiger partial charge < -0.3 is 34.9 Å². The van der Waals surface area contributed by atoms with Gasteiger partial charge in [0, 0.05) is 77.6 Å². The Hall–Kier alpha value is -4.12. The van der Waals surface area contributed by atoms with Crippen molar-refractivity contribution in [1.82, 2.24) is 9.80 Å². The van der Waals surface area contributed by atoms with Crippen LogP contribution in [0.2, 0.25) is 0 Å². The van der Waals surface area contributed by atoms with Gasteiger partial charge in [-0.05, 0) is 81.2 Å². The SMILES string of the molecule is COC(=O)C1=C2Nc3ccccc3[C@@]23CCN2C(C[C@H]4CN5CC[C@]67C(=C(C(=O)OC)C[C@@]8(CCO[C@@H]48)[C@H]56)Nc4ccccc47)=CC[C@@](CCO)(C1)[C@H]23. The second kappa shape index (κ2) is 11.0. The van der Waals surface area contributed by atoms with Crippen molar-refractivity contribution in [3.05, 3.63) is 94.0 Å². The first kappa shape index (κ1) is 32.3. The van der Waals surface area contributed by atoms with E-state index < -0.39 is 0 Å². The van der Waals surface area contributed by atoms with Gasteiger partial charge in [-0.15, -0.1) is 0 Å². The highest BCUT2D eigenvalue weighted by Gasteiger charge is 2.72. The summed E-state index contributed by atoms with van der Waals surface area (Å²) >= 11 is 0. The number of carbonyl (C=O) groups is 2. The molecule has 2 aromatic rings. The number of rotatable bonds is 6. The zero-order valence-electron chi connectivity index (χ0n) is 30.6. The Balaban J connectivity index is 0.996. The molecule has 9 aliphatic rings. The monoisotopic (exact) mass is 716 g/mol. The number of piperidine rings is 1. The van der Waals surface area contributed by atoms with Crippen LogP contribution in [-0.2, 0) is 34.6 Å². The lowest BCUT2D eigenvalue weighted by molar-refractivity contribution is -0.139. The molecule has 0 saturated carbocycles. The Morgan fingerprint density at radius 3 is 2.19 bits per heavy atom. The van der Waals surface area contributed by atoms with Gasteiger partial charge in [-0.2, -0.15) is 0 Å². The molecule has 11 rings (SSSR count). The molecule has 276 valence electrons. The number of fused-ring (bicyclic) bond motifs is 2. The summed E-state index contributed by atoms with van der Waals surface area (Å²) in [6.07, 6.45) is 8.75. The molecule has 53 heavy (non-hydrogen) atoms. The van der Waals surface area contributed by atoms with Crippen molar-refractivity contribution in [2.24, 2.45) is 16.7 Å². The third kappa shape index (κ3) is 3.80. The third-order valence-corrected chi connectivity index (χ3v) is 15.5. The van der Waals surface area contributed by atoms with E-state index in [-0.39, 0.29) is 64.3 Å². The number of aliphatic hydroxyl groups is 1. The normalized spacial score (nSPS) is 38.1. The van der Waals surface area contributed by atoms with Gasteiger partial charge in [-0.1, -0.05) is 42.5 Å². The number of methoxy groups -OCH3 is 2. The van der Waals surface area contributed by atoms with E-state index in [0.717, 1.165) is 85.7 Å². The molecule has 7 aliphatic heterocycles. The van der Waals surface area contributed by atoms with E-state index in [1.807, 2.05) is 0 Å². The molecule has 0 amide bonds. The van der Waals surface area contributed by atoms with Gasteiger partial charge in [0.1, 0.15) is 0 Å². The summed E-state index contributed by atoms with van der Waals surface area (Å²) in [7, 11) is 2.98. The van der Waals surface area contributed by atoms with Gasteiger partial charge in [0.15, 0.2) is 0 Å². The first-order valence-corrected chi connectivity index (χ1v) is 19.6. The van der Waals surface area contributed by atoms with E-state index in [1.54, 1.807) is 0 Å². The van der Waals surface area contributed by atoms with Crippen LogP contribution in [0.1, 0.15) is 62.5 Å². The fraction of sp³-hybridized carbons (Fsp3) is 0.535. The van der Waals surface area contributed by atoms with Crippen molar-refractivity contribution in [3.63, 3.8) is 0 Å². The van der Waals surface area contributed by atoms with Gasteiger partial charge in [0.2, 0.25) is 0 Å².